The first-order chi connectivity index (χ1) is 3.15. The van der Waals surface area contributed by atoms with Crippen molar-refractivity contribution in [3.8, 4) is 0 Å². The number of rotatable bonds is 0. The third kappa shape index (κ3) is 6190. The van der Waals surface area contributed by atoms with Crippen molar-refractivity contribution < 1.29 is 13.0 Å². The fraction of sp³-hybridized carbons (Fsp3) is 1.00. The largest absolute Gasteiger partial charge is 0.773 e. The van der Waals surface area contributed by atoms with Crippen molar-refractivity contribution in [1.82, 2.24) is 0 Å². The zero-order valence-electron chi connectivity index (χ0n) is 4.04. The Bertz CT molecular complexity index is 58.0. The Morgan fingerprint density at radius 2 is 1.71 bits per heavy atom. The highest BCUT2D eigenvalue weighted by Gasteiger charge is 1.54. The summed E-state index contributed by atoms with van der Waals surface area (Å²) < 4.78 is 26.8. The van der Waals surface area contributed by atoms with Crippen molar-refractivity contribution in [2.75, 3.05) is 12.5 Å². The van der Waals surface area contributed by atoms with Gasteiger partial charge in [-0.2, -0.15) is 0 Å². The zero-order chi connectivity index (χ0) is 6.28. The van der Waals surface area contributed by atoms with Gasteiger partial charge < -0.3 is 4.55 Å². The summed E-state index contributed by atoms with van der Waals surface area (Å²) in [4.78, 5) is 0. The Hall–Kier alpha value is 0.130. The molecule has 0 aliphatic rings. The van der Waals surface area contributed by atoms with Crippen LogP contribution in [0.5, 0.6) is 0 Å². The SMILES string of the molecule is CS(=O)[O-].C[S+]=O. The summed E-state index contributed by atoms with van der Waals surface area (Å²) in [6.07, 6.45) is 2.57. The smallest absolute Gasteiger partial charge is 0.455 e. The van der Waals surface area contributed by atoms with Crippen molar-refractivity contribution in [3.63, 3.8) is 0 Å². The highest BCUT2D eigenvalue weighted by Crippen LogP contribution is 1.45. The lowest BCUT2D eigenvalue weighted by atomic mass is 12.0. The van der Waals surface area contributed by atoms with Crippen molar-refractivity contribution in [3.05, 3.63) is 0 Å². The van der Waals surface area contributed by atoms with Gasteiger partial charge in [-0.3, -0.25) is 4.21 Å². The zero-order valence-corrected chi connectivity index (χ0v) is 5.67. The van der Waals surface area contributed by atoms with Crippen LogP contribution in [0.25, 0.3) is 0 Å². The Labute approximate surface area is 48.9 Å². The van der Waals surface area contributed by atoms with Crippen LogP contribution in [-0.4, -0.2) is 21.3 Å². The van der Waals surface area contributed by atoms with Crippen LogP contribution in [-0.2, 0) is 27.0 Å². The summed E-state index contributed by atoms with van der Waals surface area (Å²) in [5.41, 5.74) is 0. The molecule has 0 bridgehead atoms. The summed E-state index contributed by atoms with van der Waals surface area (Å²) in [6.45, 7) is 0. The van der Waals surface area contributed by atoms with E-state index in [2.05, 4.69) is 0 Å². The first kappa shape index (κ1) is 10.2. The lowest BCUT2D eigenvalue weighted by Gasteiger charge is -1.85. The predicted molar refractivity (Wildman–Crippen MR) is 28.8 cm³/mol. The van der Waals surface area contributed by atoms with Crippen LogP contribution in [0.1, 0.15) is 0 Å². The summed E-state index contributed by atoms with van der Waals surface area (Å²) in [6, 6.07) is 0. The van der Waals surface area contributed by atoms with Crippen molar-refractivity contribution >= 4 is 22.7 Å². The van der Waals surface area contributed by atoms with Gasteiger partial charge >= 0.3 is 11.7 Å². The first-order valence-electron chi connectivity index (χ1n) is 1.32. The molecule has 0 fully saturated rings. The van der Waals surface area contributed by atoms with E-state index in [0.717, 1.165) is 6.26 Å². The van der Waals surface area contributed by atoms with Gasteiger partial charge in [0.05, 0.1) is 0 Å². The van der Waals surface area contributed by atoms with E-state index < -0.39 is 11.1 Å². The average Bonchev–Trinajstić information content (AvgIpc) is 1.33. The second-order valence-corrected chi connectivity index (χ2v) is 1.70. The molecule has 0 heterocycles. The molecule has 0 saturated heterocycles. The van der Waals surface area contributed by atoms with Crippen LogP contribution in [0.15, 0.2) is 0 Å². The molecule has 7 heavy (non-hydrogen) atoms. The van der Waals surface area contributed by atoms with Gasteiger partial charge in [-0.25, -0.2) is 0 Å². The van der Waals surface area contributed by atoms with Crippen molar-refractivity contribution in [2.45, 2.75) is 0 Å². The third-order valence-corrected chi connectivity index (χ3v) is 0. The molecule has 0 aromatic carbocycles. The molecular formula is C2H6O3S2. The third-order valence-electron chi connectivity index (χ3n) is 0. The van der Waals surface area contributed by atoms with Crippen LogP contribution < -0.4 is 0 Å². The second-order valence-electron chi connectivity index (χ2n) is 0.568. The van der Waals surface area contributed by atoms with E-state index >= 15 is 0 Å². The molecule has 0 rings (SSSR count). The highest BCUT2D eigenvalue weighted by atomic mass is 32.2. The molecule has 44 valence electrons. The van der Waals surface area contributed by atoms with E-state index in [1.807, 2.05) is 0 Å². The normalized spacial score (nSPS) is 10.7. The predicted octanol–water partition coefficient (Wildman–Crippen LogP) is -0.460. The molecule has 0 saturated carbocycles. The summed E-state index contributed by atoms with van der Waals surface area (Å²) in [7, 11) is 0. The van der Waals surface area contributed by atoms with Crippen molar-refractivity contribution in [2.24, 2.45) is 0 Å². The van der Waals surface area contributed by atoms with Crippen LogP contribution >= 0.6 is 0 Å². The van der Waals surface area contributed by atoms with Gasteiger partial charge in [-0.15, -0.1) is 0 Å². The fourth-order valence-electron chi connectivity index (χ4n) is 0. The number of hydrogen-bond donors (Lipinski definition) is 0. The first-order valence-corrected chi connectivity index (χ1v) is 3.95. The summed E-state index contributed by atoms with van der Waals surface area (Å²) in [5, 5.41) is 0. The van der Waals surface area contributed by atoms with Gasteiger partial charge in [-0.1, -0.05) is 11.1 Å². The molecule has 0 radical (unpaired) electrons. The average molecular weight is 142 g/mol. The topological polar surface area (TPSA) is 57.2 Å². The van der Waals surface area contributed by atoms with Gasteiger partial charge in [-0.05, 0) is 6.26 Å². The van der Waals surface area contributed by atoms with E-state index in [0.29, 0.717) is 11.7 Å². The van der Waals surface area contributed by atoms with Crippen molar-refractivity contribution in [1.29, 1.82) is 0 Å². The molecule has 0 N–H and O–H groups in total. The van der Waals surface area contributed by atoms with E-state index in [4.69, 9.17) is 13.0 Å². The molecule has 5 heteroatoms. The Kier molecular flexibility index (Phi) is 13.8. The van der Waals surface area contributed by atoms with Gasteiger partial charge in [0.2, 0.25) is 6.26 Å². The van der Waals surface area contributed by atoms with E-state index in [-0.39, 0.29) is 0 Å². The monoisotopic (exact) mass is 142 g/mol. The molecule has 0 aromatic rings. The second kappa shape index (κ2) is 9.46. The summed E-state index contributed by atoms with van der Waals surface area (Å²) in [5.74, 6) is 0. The molecule has 0 amide bonds. The molecule has 1 atom stereocenters. The molecule has 0 aliphatic heterocycles. The van der Waals surface area contributed by atoms with Gasteiger partial charge in [0, 0.05) is 4.21 Å². The van der Waals surface area contributed by atoms with Crippen LogP contribution in [0, 0.1) is 0 Å². The van der Waals surface area contributed by atoms with E-state index in [9.17, 15) is 0 Å². The molecule has 0 aliphatic carbocycles. The Morgan fingerprint density at radius 3 is 1.71 bits per heavy atom. The highest BCUT2D eigenvalue weighted by molar-refractivity contribution is 7.78. The van der Waals surface area contributed by atoms with Crippen LogP contribution in [0.4, 0.5) is 0 Å². The van der Waals surface area contributed by atoms with E-state index in [1.54, 1.807) is 0 Å². The standard InChI is InChI=1S/CH4O2S.CH3OS/c1-4(2)3;1-3-2/h1H3,(H,2,3);1H3/q;+1/p-1. The van der Waals surface area contributed by atoms with Gasteiger partial charge in [0.25, 0.3) is 0 Å². The minimum atomic E-state index is -1.86. The van der Waals surface area contributed by atoms with Gasteiger partial charge in [0.1, 0.15) is 0 Å². The minimum absolute atomic E-state index is 0.500. The minimum Gasteiger partial charge on any atom is -0.773 e. The summed E-state index contributed by atoms with van der Waals surface area (Å²) >= 11 is -1.36. The maximum Gasteiger partial charge on any atom is 0.455 e. The molecule has 0 aromatic heterocycles. The molecular weight excluding hydrogens is 136 g/mol. The molecule has 3 nitrogen and oxygen atoms in total. The number of hydrogen-bond acceptors (Lipinski definition) is 3. The Balaban J connectivity index is 0. The van der Waals surface area contributed by atoms with Crippen LogP contribution in [0.2, 0.25) is 0 Å². The van der Waals surface area contributed by atoms with Crippen LogP contribution in [0.3, 0.4) is 0 Å². The maximum absolute atomic E-state index is 9.00. The van der Waals surface area contributed by atoms with Gasteiger partial charge in [0.15, 0.2) is 0 Å². The lowest BCUT2D eigenvalue weighted by molar-refractivity contribution is 0.543. The Morgan fingerprint density at radius 1 is 1.71 bits per heavy atom. The lowest BCUT2D eigenvalue weighted by Crippen LogP contribution is -1.73. The maximum atomic E-state index is 9.00. The molecule has 1 unspecified atom stereocenters. The quantitative estimate of drug-likeness (QED) is 0.339. The molecule has 0 spiro atoms. The fourth-order valence-corrected chi connectivity index (χ4v) is 0. The van der Waals surface area contributed by atoms with E-state index in [1.165, 1.54) is 6.26 Å².